The molecule has 0 saturated carbocycles. The minimum atomic E-state index is -0.441. The second-order valence-electron chi connectivity index (χ2n) is 7.08. The average Bonchev–Trinajstić information content (AvgIpc) is 3.27. The summed E-state index contributed by atoms with van der Waals surface area (Å²) in [4.78, 5) is 33.5. The van der Waals surface area contributed by atoms with Crippen LogP contribution in [0.1, 0.15) is 36.2 Å². The van der Waals surface area contributed by atoms with Crippen molar-refractivity contribution in [2.75, 3.05) is 6.54 Å². The van der Waals surface area contributed by atoms with E-state index in [1.165, 1.54) is 5.01 Å². The lowest BCUT2D eigenvalue weighted by atomic mass is 10.1. The Balaban J connectivity index is 1.28. The van der Waals surface area contributed by atoms with E-state index in [-0.39, 0.29) is 25.4 Å². The molecule has 7 heteroatoms. The number of aromatic nitrogens is 2. The zero-order chi connectivity index (χ0) is 20.9. The molecule has 0 spiro atoms. The average molecular weight is 402 g/mol. The van der Waals surface area contributed by atoms with Gasteiger partial charge < -0.3 is 4.74 Å². The van der Waals surface area contributed by atoms with Crippen LogP contribution in [0.5, 0.6) is 0 Å². The lowest BCUT2D eigenvalue weighted by molar-refractivity contribution is -0.147. The molecule has 0 saturated heterocycles. The monoisotopic (exact) mass is 402 g/mol. The molecule has 7 nitrogen and oxygen atoms in total. The zero-order valence-corrected chi connectivity index (χ0v) is 16.7. The molecule has 2 heterocycles. The van der Waals surface area contributed by atoms with Crippen molar-refractivity contribution in [3.63, 3.8) is 0 Å². The van der Waals surface area contributed by atoms with Gasteiger partial charge in [-0.25, -0.2) is 15.0 Å². The molecule has 4 rings (SSSR count). The Labute approximate surface area is 174 Å². The molecule has 0 atom stereocenters. The standard InChI is InChI=1S/C23H22N4O3/c1-16-21(25-20-10-6-5-9-19(20)24-16)15-30-23(29)12-11-22(28)27-14-13-18(26-27)17-7-3-2-4-8-17/h2-10H,11-15H2,1H3. The number of hydrogen-bond donors (Lipinski definition) is 0. The van der Waals surface area contributed by atoms with Crippen LogP contribution in [0, 0.1) is 6.92 Å². The smallest absolute Gasteiger partial charge is 0.306 e. The maximum atomic E-state index is 12.4. The first-order valence-corrected chi connectivity index (χ1v) is 9.91. The van der Waals surface area contributed by atoms with E-state index in [1.807, 2.05) is 61.5 Å². The third-order valence-corrected chi connectivity index (χ3v) is 4.95. The van der Waals surface area contributed by atoms with Crippen molar-refractivity contribution in [3.05, 3.63) is 71.5 Å². The minimum absolute atomic E-state index is 0.00554. The molecule has 2 aromatic carbocycles. The number of carbonyl (C=O) groups excluding carboxylic acids is 2. The SMILES string of the molecule is Cc1nc2ccccc2nc1COC(=O)CCC(=O)N1CCC(c2ccccc2)=N1. The van der Waals surface area contributed by atoms with E-state index in [2.05, 4.69) is 15.1 Å². The number of rotatable bonds is 6. The van der Waals surface area contributed by atoms with E-state index in [0.717, 1.165) is 28.0 Å². The van der Waals surface area contributed by atoms with Gasteiger partial charge in [0.2, 0.25) is 5.91 Å². The number of hydrazone groups is 1. The Morgan fingerprint density at radius 1 is 0.967 bits per heavy atom. The van der Waals surface area contributed by atoms with E-state index in [9.17, 15) is 9.59 Å². The van der Waals surface area contributed by atoms with Gasteiger partial charge in [-0.15, -0.1) is 0 Å². The number of fused-ring (bicyclic) bond motifs is 1. The second-order valence-corrected chi connectivity index (χ2v) is 7.08. The Morgan fingerprint density at radius 2 is 1.67 bits per heavy atom. The van der Waals surface area contributed by atoms with Gasteiger partial charge in [-0.1, -0.05) is 42.5 Å². The van der Waals surface area contributed by atoms with Gasteiger partial charge in [0.25, 0.3) is 0 Å². The van der Waals surface area contributed by atoms with Gasteiger partial charge in [0.15, 0.2) is 0 Å². The predicted molar refractivity (Wildman–Crippen MR) is 113 cm³/mol. The molecule has 1 aromatic heterocycles. The molecule has 0 fully saturated rings. The highest BCUT2D eigenvalue weighted by molar-refractivity contribution is 6.02. The molecule has 152 valence electrons. The number of nitrogens with zero attached hydrogens (tertiary/aromatic N) is 4. The number of hydrogen-bond acceptors (Lipinski definition) is 6. The van der Waals surface area contributed by atoms with Crippen LogP contribution in [0.3, 0.4) is 0 Å². The van der Waals surface area contributed by atoms with Gasteiger partial charge >= 0.3 is 5.97 Å². The molecule has 0 radical (unpaired) electrons. The Kier molecular flexibility index (Phi) is 5.79. The third kappa shape index (κ3) is 4.51. The van der Waals surface area contributed by atoms with E-state index in [4.69, 9.17) is 4.74 Å². The molecule has 1 aliphatic rings. The molecule has 0 N–H and O–H groups in total. The summed E-state index contributed by atoms with van der Waals surface area (Å²) in [6.45, 7) is 2.41. The van der Waals surface area contributed by atoms with Gasteiger partial charge in [-0.3, -0.25) is 9.59 Å². The maximum Gasteiger partial charge on any atom is 0.306 e. The van der Waals surface area contributed by atoms with Crippen LogP contribution in [0.2, 0.25) is 0 Å². The summed E-state index contributed by atoms with van der Waals surface area (Å²) in [7, 11) is 0. The van der Waals surface area contributed by atoms with Gasteiger partial charge in [0, 0.05) is 12.8 Å². The summed E-state index contributed by atoms with van der Waals surface area (Å²) in [6, 6.07) is 17.3. The molecular formula is C23H22N4O3. The third-order valence-electron chi connectivity index (χ3n) is 4.95. The summed E-state index contributed by atoms with van der Waals surface area (Å²) >= 11 is 0. The van der Waals surface area contributed by atoms with Crippen LogP contribution < -0.4 is 0 Å². The van der Waals surface area contributed by atoms with Crippen molar-refractivity contribution in [1.29, 1.82) is 0 Å². The van der Waals surface area contributed by atoms with Crippen molar-refractivity contribution in [2.45, 2.75) is 32.8 Å². The quantitative estimate of drug-likeness (QED) is 0.590. The van der Waals surface area contributed by atoms with Crippen LogP contribution in [-0.2, 0) is 20.9 Å². The molecule has 0 aliphatic carbocycles. The van der Waals surface area contributed by atoms with E-state index < -0.39 is 5.97 Å². The topological polar surface area (TPSA) is 84.8 Å². The molecule has 1 aliphatic heterocycles. The molecular weight excluding hydrogens is 380 g/mol. The number of esters is 1. The van der Waals surface area contributed by atoms with Crippen molar-refractivity contribution in [1.82, 2.24) is 15.0 Å². The predicted octanol–water partition coefficient (Wildman–Crippen LogP) is 3.40. The number of carbonyl (C=O) groups is 2. The molecule has 3 aromatic rings. The Hall–Kier alpha value is -3.61. The summed E-state index contributed by atoms with van der Waals surface area (Å²) in [5.74, 6) is -0.622. The van der Waals surface area contributed by atoms with Crippen LogP contribution in [0.25, 0.3) is 11.0 Å². The second kappa shape index (κ2) is 8.82. The van der Waals surface area contributed by atoms with Crippen molar-refractivity contribution in [2.24, 2.45) is 5.10 Å². The maximum absolute atomic E-state index is 12.4. The first-order valence-electron chi connectivity index (χ1n) is 9.91. The normalized spacial score (nSPS) is 13.4. The highest BCUT2D eigenvalue weighted by atomic mass is 16.5. The lowest BCUT2D eigenvalue weighted by Gasteiger charge is -2.11. The summed E-state index contributed by atoms with van der Waals surface area (Å²) in [5, 5.41) is 5.84. The van der Waals surface area contributed by atoms with E-state index in [0.29, 0.717) is 18.7 Å². The van der Waals surface area contributed by atoms with E-state index in [1.54, 1.807) is 0 Å². The number of benzene rings is 2. The first-order chi connectivity index (χ1) is 14.6. The number of para-hydroxylation sites is 2. The fourth-order valence-corrected chi connectivity index (χ4v) is 3.29. The van der Waals surface area contributed by atoms with Crippen LogP contribution in [0.15, 0.2) is 59.7 Å². The Morgan fingerprint density at radius 3 is 2.43 bits per heavy atom. The lowest BCUT2D eigenvalue weighted by Crippen LogP contribution is -2.24. The highest BCUT2D eigenvalue weighted by Crippen LogP contribution is 2.16. The van der Waals surface area contributed by atoms with Gasteiger partial charge in [0.1, 0.15) is 6.61 Å². The first kappa shape index (κ1) is 19.7. The van der Waals surface area contributed by atoms with E-state index >= 15 is 0 Å². The largest absolute Gasteiger partial charge is 0.459 e. The van der Waals surface area contributed by atoms with Crippen LogP contribution in [0.4, 0.5) is 0 Å². The summed E-state index contributed by atoms with van der Waals surface area (Å²) in [5.41, 5.74) is 4.79. The van der Waals surface area contributed by atoms with Crippen LogP contribution >= 0.6 is 0 Å². The molecule has 0 bridgehead atoms. The number of aryl methyl sites for hydroxylation is 1. The number of amides is 1. The molecule has 1 amide bonds. The van der Waals surface area contributed by atoms with Crippen molar-refractivity contribution in [3.8, 4) is 0 Å². The van der Waals surface area contributed by atoms with Gasteiger partial charge in [-0.2, -0.15) is 5.10 Å². The van der Waals surface area contributed by atoms with Gasteiger partial charge in [0.05, 0.1) is 41.1 Å². The fraction of sp³-hybridized carbons (Fsp3) is 0.261. The zero-order valence-electron chi connectivity index (χ0n) is 16.7. The minimum Gasteiger partial charge on any atom is -0.459 e. The fourth-order valence-electron chi connectivity index (χ4n) is 3.29. The summed E-state index contributed by atoms with van der Waals surface area (Å²) in [6.07, 6.45) is 0.776. The van der Waals surface area contributed by atoms with Crippen molar-refractivity contribution < 1.29 is 14.3 Å². The molecule has 30 heavy (non-hydrogen) atoms. The van der Waals surface area contributed by atoms with Crippen molar-refractivity contribution >= 4 is 28.6 Å². The highest BCUT2D eigenvalue weighted by Gasteiger charge is 2.22. The van der Waals surface area contributed by atoms with Gasteiger partial charge in [-0.05, 0) is 24.6 Å². The molecule has 0 unspecified atom stereocenters. The Bertz CT molecular complexity index is 1110. The van der Waals surface area contributed by atoms with Crippen LogP contribution in [-0.4, -0.2) is 39.1 Å². The summed E-state index contributed by atoms with van der Waals surface area (Å²) < 4.78 is 5.31. The number of ether oxygens (including phenoxy) is 1.